The van der Waals surface area contributed by atoms with Crippen LogP contribution in [-0.2, 0) is 23.8 Å². The lowest BCUT2D eigenvalue weighted by atomic mass is 9.77. The number of hydrogen-bond acceptors (Lipinski definition) is 5. The standard InChI is InChI=1S/C20H18BrClO5S/c1-12-17(27-28(24,25)16-10-8-15(22)9-11-16)20(2,3)18(26-19(12)23)13-4-6-14(21)7-5-13/h4-11,18H,1-3H3/t18-/m0/s1. The van der Waals surface area contributed by atoms with E-state index in [4.69, 9.17) is 20.5 Å². The molecule has 0 fully saturated rings. The third-order valence-electron chi connectivity index (χ3n) is 4.58. The topological polar surface area (TPSA) is 69.7 Å². The van der Waals surface area contributed by atoms with Gasteiger partial charge in [-0.1, -0.05) is 39.7 Å². The molecule has 8 heteroatoms. The number of esters is 1. The minimum absolute atomic E-state index is 0.0490. The zero-order chi connectivity index (χ0) is 20.7. The van der Waals surface area contributed by atoms with Crippen LogP contribution in [0.15, 0.2) is 69.2 Å². The van der Waals surface area contributed by atoms with E-state index in [1.165, 1.54) is 31.2 Å². The Kier molecular flexibility index (Phi) is 5.62. The first kappa shape index (κ1) is 20.9. The van der Waals surface area contributed by atoms with Gasteiger partial charge in [-0.25, -0.2) is 4.79 Å². The van der Waals surface area contributed by atoms with Crippen molar-refractivity contribution in [1.29, 1.82) is 0 Å². The van der Waals surface area contributed by atoms with Crippen molar-refractivity contribution in [1.82, 2.24) is 0 Å². The zero-order valence-electron chi connectivity index (χ0n) is 15.4. The van der Waals surface area contributed by atoms with Crippen molar-refractivity contribution in [3.63, 3.8) is 0 Å². The molecule has 1 aliphatic heterocycles. The molecule has 0 aliphatic carbocycles. The van der Waals surface area contributed by atoms with Crippen LogP contribution in [0.1, 0.15) is 32.4 Å². The monoisotopic (exact) mass is 484 g/mol. The van der Waals surface area contributed by atoms with Crippen LogP contribution < -0.4 is 0 Å². The summed E-state index contributed by atoms with van der Waals surface area (Å²) in [6.07, 6.45) is -0.702. The lowest BCUT2D eigenvalue weighted by Gasteiger charge is -2.39. The summed E-state index contributed by atoms with van der Waals surface area (Å²) < 4.78 is 37.5. The van der Waals surface area contributed by atoms with Crippen molar-refractivity contribution in [3.8, 4) is 0 Å². The van der Waals surface area contributed by atoms with Gasteiger partial charge in [0.2, 0.25) is 0 Å². The lowest BCUT2D eigenvalue weighted by molar-refractivity contribution is -0.154. The molecule has 0 aromatic heterocycles. The molecule has 0 unspecified atom stereocenters. The van der Waals surface area contributed by atoms with E-state index in [1.54, 1.807) is 13.8 Å². The molecule has 1 atom stereocenters. The van der Waals surface area contributed by atoms with E-state index in [9.17, 15) is 13.2 Å². The van der Waals surface area contributed by atoms with Crippen molar-refractivity contribution in [2.75, 3.05) is 0 Å². The Morgan fingerprint density at radius 3 is 2.21 bits per heavy atom. The van der Waals surface area contributed by atoms with Crippen LogP contribution in [-0.4, -0.2) is 14.4 Å². The van der Waals surface area contributed by atoms with E-state index < -0.39 is 27.6 Å². The summed E-state index contributed by atoms with van der Waals surface area (Å²) in [5.74, 6) is -0.555. The van der Waals surface area contributed by atoms with Crippen LogP contribution in [0.3, 0.4) is 0 Å². The average Bonchev–Trinajstić information content (AvgIpc) is 2.63. The maximum absolute atomic E-state index is 12.8. The number of benzene rings is 2. The maximum Gasteiger partial charge on any atom is 0.338 e. The highest BCUT2D eigenvalue weighted by atomic mass is 79.9. The maximum atomic E-state index is 12.8. The Morgan fingerprint density at radius 1 is 1.07 bits per heavy atom. The Hall–Kier alpha value is -1.83. The summed E-state index contributed by atoms with van der Waals surface area (Å²) in [6, 6.07) is 12.9. The molecule has 0 amide bonds. The fourth-order valence-electron chi connectivity index (χ4n) is 3.09. The first-order valence-electron chi connectivity index (χ1n) is 8.40. The van der Waals surface area contributed by atoms with Gasteiger partial charge in [0, 0.05) is 9.50 Å². The minimum Gasteiger partial charge on any atom is -0.453 e. The van der Waals surface area contributed by atoms with Gasteiger partial charge in [0.1, 0.15) is 16.8 Å². The van der Waals surface area contributed by atoms with Crippen LogP contribution in [0, 0.1) is 5.41 Å². The highest BCUT2D eigenvalue weighted by molar-refractivity contribution is 9.10. The van der Waals surface area contributed by atoms with Crippen LogP contribution in [0.5, 0.6) is 0 Å². The number of rotatable bonds is 4. The van der Waals surface area contributed by atoms with Crippen molar-refractivity contribution >= 4 is 43.6 Å². The second-order valence-electron chi connectivity index (χ2n) is 7.00. The number of hydrogen-bond donors (Lipinski definition) is 0. The molecule has 0 saturated carbocycles. The summed E-state index contributed by atoms with van der Waals surface area (Å²) >= 11 is 9.20. The van der Waals surface area contributed by atoms with E-state index in [0.717, 1.165) is 10.0 Å². The Labute approximate surface area is 177 Å². The number of carbonyl (C=O) groups is 1. The van der Waals surface area contributed by atoms with Gasteiger partial charge in [-0.3, -0.25) is 0 Å². The van der Waals surface area contributed by atoms with Crippen LogP contribution in [0.2, 0.25) is 5.02 Å². The highest BCUT2D eigenvalue weighted by Crippen LogP contribution is 2.48. The molecule has 1 heterocycles. The fraction of sp³-hybridized carbons (Fsp3) is 0.250. The Balaban J connectivity index is 2.02. The van der Waals surface area contributed by atoms with Gasteiger partial charge in [-0.15, -0.1) is 0 Å². The minimum atomic E-state index is -4.15. The number of cyclic esters (lactones) is 1. The molecule has 0 bridgehead atoms. The molecule has 0 saturated heterocycles. The Morgan fingerprint density at radius 2 is 1.64 bits per heavy atom. The van der Waals surface area contributed by atoms with Gasteiger partial charge < -0.3 is 8.92 Å². The normalized spacial score (nSPS) is 19.3. The molecular formula is C20H18BrClO5S. The summed E-state index contributed by atoms with van der Waals surface area (Å²) in [4.78, 5) is 12.4. The van der Waals surface area contributed by atoms with Crippen LogP contribution in [0.25, 0.3) is 0 Å². The molecule has 5 nitrogen and oxygen atoms in total. The smallest absolute Gasteiger partial charge is 0.338 e. The molecule has 1 aliphatic rings. The number of carbonyl (C=O) groups excluding carboxylic acids is 1. The molecule has 28 heavy (non-hydrogen) atoms. The fourth-order valence-corrected chi connectivity index (χ4v) is 4.60. The number of ether oxygens (including phenoxy) is 1. The molecule has 0 spiro atoms. The molecule has 2 aromatic rings. The molecule has 2 aromatic carbocycles. The second-order valence-corrected chi connectivity index (χ2v) is 9.90. The van der Waals surface area contributed by atoms with Crippen molar-refractivity contribution in [2.24, 2.45) is 5.41 Å². The molecule has 0 N–H and O–H groups in total. The Bertz CT molecular complexity index is 1040. The first-order valence-corrected chi connectivity index (χ1v) is 11.0. The summed E-state index contributed by atoms with van der Waals surface area (Å²) in [7, 11) is -4.15. The van der Waals surface area contributed by atoms with E-state index in [1.807, 2.05) is 24.3 Å². The van der Waals surface area contributed by atoms with Gasteiger partial charge in [-0.2, -0.15) is 8.42 Å². The van der Waals surface area contributed by atoms with Crippen LogP contribution >= 0.6 is 27.5 Å². The second kappa shape index (κ2) is 7.54. The van der Waals surface area contributed by atoms with E-state index in [2.05, 4.69) is 15.9 Å². The van der Waals surface area contributed by atoms with Crippen LogP contribution in [0.4, 0.5) is 0 Å². The molecular weight excluding hydrogens is 468 g/mol. The molecule has 148 valence electrons. The van der Waals surface area contributed by atoms with Crippen molar-refractivity contribution in [3.05, 3.63) is 74.9 Å². The van der Waals surface area contributed by atoms with Gasteiger partial charge in [-0.05, 0) is 62.7 Å². The number of halogens is 2. The van der Waals surface area contributed by atoms with Gasteiger partial charge in [0.05, 0.1) is 11.0 Å². The third-order valence-corrected chi connectivity index (χ3v) is 6.60. The lowest BCUT2D eigenvalue weighted by Crippen LogP contribution is -2.37. The summed E-state index contributed by atoms with van der Waals surface area (Å²) in [5, 5.41) is 0.409. The summed E-state index contributed by atoms with van der Waals surface area (Å²) in [5.41, 5.74) is -0.0550. The quantitative estimate of drug-likeness (QED) is 0.428. The first-order chi connectivity index (χ1) is 13.0. The summed E-state index contributed by atoms with van der Waals surface area (Å²) in [6.45, 7) is 5.05. The highest BCUT2D eigenvalue weighted by Gasteiger charge is 2.46. The van der Waals surface area contributed by atoms with Gasteiger partial charge >= 0.3 is 16.1 Å². The predicted octanol–water partition coefficient (Wildman–Crippen LogP) is 5.41. The SMILES string of the molecule is CC1=C(OS(=O)(=O)c2ccc(Cl)cc2)C(C)(C)[C@H](c2ccc(Br)cc2)OC1=O. The van der Waals surface area contributed by atoms with E-state index in [0.29, 0.717) is 5.02 Å². The van der Waals surface area contributed by atoms with Gasteiger partial charge in [0.15, 0.2) is 0 Å². The van der Waals surface area contributed by atoms with Crippen molar-refractivity contribution in [2.45, 2.75) is 31.8 Å². The van der Waals surface area contributed by atoms with Crippen molar-refractivity contribution < 1.29 is 22.1 Å². The average molecular weight is 486 g/mol. The van der Waals surface area contributed by atoms with Gasteiger partial charge in [0.25, 0.3) is 0 Å². The third kappa shape index (κ3) is 3.97. The van der Waals surface area contributed by atoms with E-state index in [-0.39, 0.29) is 16.2 Å². The zero-order valence-corrected chi connectivity index (χ0v) is 18.6. The predicted molar refractivity (Wildman–Crippen MR) is 109 cm³/mol. The molecule has 3 rings (SSSR count). The van der Waals surface area contributed by atoms with E-state index >= 15 is 0 Å². The largest absolute Gasteiger partial charge is 0.453 e. The molecule has 0 radical (unpaired) electrons.